The van der Waals surface area contributed by atoms with Crippen LogP contribution in [0.2, 0.25) is 0 Å². The molecule has 14 heavy (non-hydrogen) atoms. The first-order chi connectivity index (χ1) is 6.69. The molecule has 1 aromatic heterocycles. The Labute approximate surface area is 88.1 Å². The van der Waals surface area contributed by atoms with Crippen molar-refractivity contribution < 1.29 is 4.79 Å². The van der Waals surface area contributed by atoms with Crippen LogP contribution in [0.1, 0.15) is 34.5 Å². The number of nitrogens with two attached hydrogens (primary N) is 1. The standard InChI is InChI=1S/C11H15NOS/c1-8-9(3-6-14-8)10(13)11(7-12)4-2-5-11/h3,6H,2,4-5,7,12H2,1H3. The first kappa shape index (κ1) is 9.87. The van der Waals surface area contributed by atoms with Gasteiger partial charge in [0.2, 0.25) is 0 Å². The van der Waals surface area contributed by atoms with E-state index in [1.54, 1.807) is 11.3 Å². The van der Waals surface area contributed by atoms with Gasteiger partial charge in [0.05, 0.1) is 0 Å². The fraction of sp³-hybridized carbons (Fsp3) is 0.545. The number of Topliss-reactive ketones (excluding diaryl/α,β-unsaturated/α-hetero) is 1. The molecule has 0 saturated heterocycles. The number of aryl methyl sites for hydroxylation is 1. The molecule has 1 aromatic rings. The van der Waals surface area contributed by atoms with Gasteiger partial charge in [-0.2, -0.15) is 0 Å². The molecule has 1 heterocycles. The molecule has 0 bridgehead atoms. The first-order valence-electron chi connectivity index (χ1n) is 4.98. The van der Waals surface area contributed by atoms with E-state index in [-0.39, 0.29) is 11.2 Å². The summed E-state index contributed by atoms with van der Waals surface area (Å²) in [5, 5.41) is 1.98. The summed E-state index contributed by atoms with van der Waals surface area (Å²) in [7, 11) is 0. The highest BCUT2D eigenvalue weighted by atomic mass is 32.1. The Morgan fingerprint density at radius 3 is 2.71 bits per heavy atom. The third kappa shape index (κ3) is 1.31. The Bertz CT molecular complexity index is 346. The Kier molecular flexibility index (Phi) is 2.45. The molecule has 2 nitrogen and oxygen atoms in total. The zero-order chi connectivity index (χ0) is 10.2. The Morgan fingerprint density at radius 1 is 1.64 bits per heavy atom. The van der Waals surface area contributed by atoms with E-state index in [2.05, 4.69) is 0 Å². The van der Waals surface area contributed by atoms with Crippen molar-refractivity contribution in [2.45, 2.75) is 26.2 Å². The molecule has 0 radical (unpaired) electrons. The lowest BCUT2D eigenvalue weighted by atomic mass is 9.64. The average molecular weight is 209 g/mol. The van der Waals surface area contributed by atoms with Crippen LogP contribution in [0.4, 0.5) is 0 Å². The number of ketones is 1. The van der Waals surface area contributed by atoms with Gasteiger partial charge in [0, 0.05) is 22.4 Å². The number of rotatable bonds is 3. The summed E-state index contributed by atoms with van der Waals surface area (Å²) < 4.78 is 0. The molecule has 0 amide bonds. The molecule has 0 aromatic carbocycles. The molecular formula is C11H15NOS. The van der Waals surface area contributed by atoms with Crippen LogP contribution >= 0.6 is 11.3 Å². The highest BCUT2D eigenvalue weighted by Gasteiger charge is 2.43. The third-order valence-corrected chi connectivity index (χ3v) is 4.13. The van der Waals surface area contributed by atoms with Crippen molar-refractivity contribution in [3.05, 3.63) is 21.9 Å². The predicted molar refractivity (Wildman–Crippen MR) is 58.7 cm³/mol. The molecule has 0 spiro atoms. The quantitative estimate of drug-likeness (QED) is 0.777. The van der Waals surface area contributed by atoms with Gasteiger partial charge in [0.15, 0.2) is 5.78 Å². The first-order valence-corrected chi connectivity index (χ1v) is 5.86. The summed E-state index contributed by atoms with van der Waals surface area (Å²) in [6, 6.07) is 1.93. The van der Waals surface area contributed by atoms with Gasteiger partial charge < -0.3 is 5.73 Å². The number of carbonyl (C=O) groups excluding carboxylic acids is 1. The number of hydrogen-bond donors (Lipinski definition) is 1. The van der Waals surface area contributed by atoms with E-state index in [4.69, 9.17) is 5.73 Å². The molecular weight excluding hydrogens is 194 g/mol. The Balaban J connectivity index is 2.27. The maximum atomic E-state index is 12.2. The average Bonchev–Trinajstić information content (AvgIpc) is 2.50. The predicted octanol–water partition coefficient (Wildman–Crippen LogP) is 2.37. The SMILES string of the molecule is Cc1sccc1C(=O)C1(CN)CCC1. The molecule has 0 aliphatic heterocycles. The van der Waals surface area contributed by atoms with Crippen molar-refractivity contribution in [3.63, 3.8) is 0 Å². The van der Waals surface area contributed by atoms with Crippen LogP contribution in [0, 0.1) is 12.3 Å². The lowest BCUT2D eigenvalue weighted by molar-refractivity contribution is 0.0636. The second kappa shape index (κ2) is 3.48. The van der Waals surface area contributed by atoms with Crippen LogP contribution in [0.15, 0.2) is 11.4 Å². The molecule has 2 rings (SSSR count). The zero-order valence-corrected chi connectivity index (χ0v) is 9.19. The Hall–Kier alpha value is -0.670. The maximum absolute atomic E-state index is 12.2. The van der Waals surface area contributed by atoms with E-state index < -0.39 is 0 Å². The third-order valence-electron chi connectivity index (χ3n) is 3.29. The molecule has 1 fully saturated rings. The molecule has 1 aliphatic rings. The van der Waals surface area contributed by atoms with Gasteiger partial charge in [-0.05, 0) is 31.2 Å². The highest BCUT2D eigenvalue weighted by Crippen LogP contribution is 2.43. The lowest BCUT2D eigenvalue weighted by Gasteiger charge is -2.39. The van der Waals surface area contributed by atoms with Crippen LogP contribution in [-0.4, -0.2) is 12.3 Å². The number of hydrogen-bond acceptors (Lipinski definition) is 3. The van der Waals surface area contributed by atoms with E-state index in [1.807, 2.05) is 18.4 Å². The van der Waals surface area contributed by atoms with Gasteiger partial charge in [-0.15, -0.1) is 11.3 Å². The summed E-state index contributed by atoms with van der Waals surface area (Å²) in [6.45, 7) is 2.50. The molecule has 2 N–H and O–H groups in total. The summed E-state index contributed by atoms with van der Waals surface area (Å²) in [5.74, 6) is 0.269. The molecule has 76 valence electrons. The smallest absolute Gasteiger partial charge is 0.171 e. The molecule has 3 heteroatoms. The minimum atomic E-state index is -0.216. The molecule has 0 unspecified atom stereocenters. The minimum absolute atomic E-state index is 0.216. The Morgan fingerprint density at radius 2 is 2.36 bits per heavy atom. The normalized spacial score (nSPS) is 19.0. The van der Waals surface area contributed by atoms with Gasteiger partial charge in [-0.25, -0.2) is 0 Å². The van der Waals surface area contributed by atoms with E-state index in [0.717, 1.165) is 29.7 Å². The van der Waals surface area contributed by atoms with Crippen LogP contribution in [-0.2, 0) is 0 Å². The second-order valence-corrected chi connectivity index (χ2v) is 5.18. The van der Waals surface area contributed by atoms with Crippen molar-refractivity contribution in [2.75, 3.05) is 6.54 Å². The van der Waals surface area contributed by atoms with Crippen LogP contribution in [0.3, 0.4) is 0 Å². The van der Waals surface area contributed by atoms with E-state index >= 15 is 0 Å². The van der Waals surface area contributed by atoms with Gasteiger partial charge in [-0.3, -0.25) is 4.79 Å². The molecule has 0 atom stereocenters. The summed E-state index contributed by atoms with van der Waals surface area (Å²) in [5.41, 5.74) is 6.38. The minimum Gasteiger partial charge on any atom is -0.329 e. The topological polar surface area (TPSA) is 43.1 Å². The number of carbonyl (C=O) groups is 1. The van der Waals surface area contributed by atoms with Crippen molar-refractivity contribution in [1.29, 1.82) is 0 Å². The second-order valence-electron chi connectivity index (χ2n) is 4.06. The van der Waals surface area contributed by atoms with Crippen molar-refractivity contribution in [1.82, 2.24) is 0 Å². The highest BCUT2D eigenvalue weighted by molar-refractivity contribution is 7.10. The van der Waals surface area contributed by atoms with E-state index in [9.17, 15) is 4.79 Å². The molecule has 1 saturated carbocycles. The van der Waals surface area contributed by atoms with E-state index in [0.29, 0.717) is 6.54 Å². The molecule has 1 aliphatic carbocycles. The fourth-order valence-electron chi connectivity index (χ4n) is 2.03. The maximum Gasteiger partial charge on any atom is 0.171 e. The van der Waals surface area contributed by atoms with Gasteiger partial charge in [0.25, 0.3) is 0 Å². The van der Waals surface area contributed by atoms with Gasteiger partial charge in [0.1, 0.15) is 0 Å². The monoisotopic (exact) mass is 209 g/mol. The summed E-state index contributed by atoms with van der Waals surface area (Å²) in [6.07, 6.45) is 3.08. The van der Waals surface area contributed by atoms with Crippen LogP contribution < -0.4 is 5.73 Å². The van der Waals surface area contributed by atoms with Crippen LogP contribution in [0.25, 0.3) is 0 Å². The van der Waals surface area contributed by atoms with Crippen molar-refractivity contribution >= 4 is 17.1 Å². The van der Waals surface area contributed by atoms with Crippen molar-refractivity contribution in [3.8, 4) is 0 Å². The number of thiophene rings is 1. The van der Waals surface area contributed by atoms with E-state index in [1.165, 1.54) is 0 Å². The van der Waals surface area contributed by atoms with Crippen LogP contribution in [0.5, 0.6) is 0 Å². The fourth-order valence-corrected chi connectivity index (χ4v) is 2.73. The van der Waals surface area contributed by atoms with Gasteiger partial charge in [-0.1, -0.05) is 6.42 Å². The summed E-state index contributed by atoms with van der Waals surface area (Å²) in [4.78, 5) is 13.3. The van der Waals surface area contributed by atoms with Crippen molar-refractivity contribution in [2.24, 2.45) is 11.1 Å². The zero-order valence-electron chi connectivity index (χ0n) is 8.38. The van der Waals surface area contributed by atoms with Gasteiger partial charge >= 0.3 is 0 Å². The lowest BCUT2D eigenvalue weighted by Crippen LogP contribution is -2.44. The largest absolute Gasteiger partial charge is 0.329 e. The summed E-state index contributed by atoms with van der Waals surface area (Å²) >= 11 is 1.63.